The number of rotatable bonds is 4. The van der Waals surface area contributed by atoms with Gasteiger partial charge < -0.3 is 10.2 Å². The van der Waals surface area contributed by atoms with E-state index in [1.165, 1.54) is 12.8 Å². The van der Waals surface area contributed by atoms with E-state index in [1.807, 2.05) is 36.4 Å². The lowest BCUT2D eigenvalue weighted by Gasteiger charge is -2.30. The molecule has 4 rings (SSSR count). The first-order valence-corrected chi connectivity index (χ1v) is 10.2. The molecule has 5 nitrogen and oxygen atoms in total. The molecule has 3 aromatic rings. The first kappa shape index (κ1) is 19.4. The maximum atomic E-state index is 12.4. The first-order chi connectivity index (χ1) is 14.1. The zero-order valence-electron chi connectivity index (χ0n) is 16.3. The minimum Gasteiger partial charge on any atom is -0.355 e. The largest absolute Gasteiger partial charge is 0.355 e. The Balaban J connectivity index is 1.42. The molecular formula is C23H23ClN4O. The van der Waals surface area contributed by atoms with Crippen molar-refractivity contribution in [2.75, 3.05) is 23.3 Å². The van der Waals surface area contributed by atoms with Crippen LogP contribution in [0.25, 0.3) is 11.3 Å². The summed E-state index contributed by atoms with van der Waals surface area (Å²) >= 11 is 6.09. The Morgan fingerprint density at radius 3 is 2.38 bits per heavy atom. The molecule has 1 aromatic heterocycles. The van der Waals surface area contributed by atoms with Gasteiger partial charge in [-0.3, -0.25) is 4.79 Å². The number of benzene rings is 2. The molecule has 1 fully saturated rings. The van der Waals surface area contributed by atoms with Crippen molar-refractivity contribution in [1.82, 2.24) is 10.2 Å². The molecule has 6 heteroatoms. The van der Waals surface area contributed by atoms with Gasteiger partial charge in [-0.25, -0.2) is 0 Å². The van der Waals surface area contributed by atoms with Gasteiger partial charge >= 0.3 is 0 Å². The summed E-state index contributed by atoms with van der Waals surface area (Å²) in [7, 11) is 0. The van der Waals surface area contributed by atoms with Crippen molar-refractivity contribution in [2.45, 2.75) is 19.8 Å². The van der Waals surface area contributed by atoms with Gasteiger partial charge in [0.2, 0.25) is 0 Å². The van der Waals surface area contributed by atoms with Crippen LogP contribution in [0.1, 0.15) is 30.1 Å². The van der Waals surface area contributed by atoms with Crippen molar-refractivity contribution in [3.05, 3.63) is 71.2 Å². The Kier molecular flexibility index (Phi) is 5.76. The minimum absolute atomic E-state index is 0.233. The zero-order valence-corrected chi connectivity index (χ0v) is 17.1. The zero-order chi connectivity index (χ0) is 20.2. The number of anilines is 2. The fraction of sp³-hybridized carbons (Fsp3) is 0.261. The fourth-order valence-electron chi connectivity index (χ4n) is 3.45. The van der Waals surface area contributed by atoms with Crippen molar-refractivity contribution in [3.63, 3.8) is 0 Å². The number of aromatic nitrogens is 2. The van der Waals surface area contributed by atoms with Crippen molar-refractivity contribution in [2.24, 2.45) is 5.92 Å². The van der Waals surface area contributed by atoms with Crippen LogP contribution < -0.4 is 10.2 Å². The number of carbonyl (C=O) groups excluding carboxylic acids is 1. The molecule has 0 radical (unpaired) electrons. The molecule has 2 heterocycles. The van der Waals surface area contributed by atoms with Crippen LogP contribution in [0.4, 0.5) is 11.5 Å². The maximum absolute atomic E-state index is 12.4. The SMILES string of the molecule is CC1CCN(c2ccc(-c3ccc(NC(=O)c4ccccc4Cl)cc3)nn2)CC1. The standard InChI is InChI=1S/C23H23ClN4O/c1-16-12-14-28(15-13-16)22-11-10-21(26-27-22)17-6-8-18(9-7-17)25-23(29)19-4-2-3-5-20(19)24/h2-11,16H,12-15H2,1H3,(H,25,29). The second kappa shape index (κ2) is 8.62. The highest BCUT2D eigenvalue weighted by atomic mass is 35.5. The van der Waals surface area contributed by atoms with Gasteiger partial charge in [-0.2, -0.15) is 0 Å². The lowest BCUT2D eigenvalue weighted by molar-refractivity contribution is 0.102. The second-order valence-electron chi connectivity index (χ2n) is 7.46. The molecule has 0 spiro atoms. The molecule has 29 heavy (non-hydrogen) atoms. The van der Waals surface area contributed by atoms with Gasteiger partial charge in [0, 0.05) is 24.3 Å². The van der Waals surface area contributed by atoms with E-state index in [4.69, 9.17) is 11.6 Å². The van der Waals surface area contributed by atoms with Crippen LogP contribution in [0.15, 0.2) is 60.7 Å². The summed E-state index contributed by atoms with van der Waals surface area (Å²) in [6.45, 7) is 4.37. The van der Waals surface area contributed by atoms with Crippen molar-refractivity contribution >= 4 is 29.0 Å². The molecule has 148 valence electrons. The van der Waals surface area contributed by atoms with E-state index in [9.17, 15) is 4.79 Å². The fourth-order valence-corrected chi connectivity index (χ4v) is 3.68. The molecule has 1 aliphatic heterocycles. The lowest BCUT2D eigenvalue weighted by atomic mass is 9.99. The molecule has 1 aliphatic rings. The number of amides is 1. The molecule has 0 saturated carbocycles. The van der Waals surface area contributed by atoms with E-state index in [-0.39, 0.29) is 5.91 Å². The molecule has 1 saturated heterocycles. The number of carbonyl (C=O) groups is 1. The van der Waals surface area contributed by atoms with Crippen molar-refractivity contribution in [1.29, 1.82) is 0 Å². The number of piperidine rings is 1. The van der Waals surface area contributed by atoms with E-state index in [1.54, 1.807) is 24.3 Å². The number of halogens is 1. The van der Waals surface area contributed by atoms with Crippen LogP contribution in [0.2, 0.25) is 5.02 Å². The van der Waals surface area contributed by atoms with Crippen LogP contribution in [0.3, 0.4) is 0 Å². The maximum Gasteiger partial charge on any atom is 0.257 e. The molecule has 0 atom stereocenters. The van der Waals surface area contributed by atoms with Crippen LogP contribution in [0.5, 0.6) is 0 Å². The number of nitrogens with zero attached hydrogens (tertiary/aromatic N) is 3. The Bertz CT molecular complexity index is 981. The average molecular weight is 407 g/mol. The average Bonchev–Trinajstić information content (AvgIpc) is 2.75. The van der Waals surface area contributed by atoms with E-state index >= 15 is 0 Å². The summed E-state index contributed by atoms with van der Waals surface area (Å²) in [5, 5.41) is 12.1. The summed E-state index contributed by atoms with van der Waals surface area (Å²) in [5.74, 6) is 1.49. The first-order valence-electron chi connectivity index (χ1n) is 9.85. The number of hydrogen-bond donors (Lipinski definition) is 1. The van der Waals surface area contributed by atoms with Gasteiger partial charge in [0.25, 0.3) is 5.91 Å². The van der Waals surface area contributed by atoms with Crippen LogP contribution in [-0.2, 0) is 0 Å². The van der Waals surface area contributed by atoms with Gasteiger partial charge in [-0.05, 0) is 55.2 Å². The predicted octanol–water partition coefficient (Wildman–Crippen LogP) is 5.29. The van der Waals surface area contributed by atoms with E-state index in [0.717, 1.165) is 36.1 Å². The van der Waals surface area contributed by atoms with Gasteiger partial charge in [-0.15, -0.1) is 10.2 Å². The molecule has 1 amide bonds. The van der Waals surface area contributed by atoms with Gasteiger partial charge in [0.05, 0.1) is 16.3 Å². The van der Waals surface area contributed by atoms with Crippen LogP contribution >= 0.6 is 11.6 Å². The summed E-state index contributed by atoms with van der Waals surface area (Å²) in [6.07, 6.45) is 2.40. The molecule has 0 aliphatic carbocycles. The molecule has 2 aromatic carbocycles. The van der Waals surface area contributed by atoms with Gasteiger partial charge in [0.15, 0.2) is 5.82 Å². The Labute approximate surface area is 175 Å². The van der Waals surface area contributed by atoms with Crippen LogP contribution in [-0.4, -0.2) is 29.2 Å². The van der Waals surface area contributed by atoms with E-state index in [0.29, 0.717) is 16.3 Å². The molecular weight excluding hydrogens is 384 g/mol. The summed E-state index contributed by atoms with van der Waals surface area (Å²) < 4.78 is 0. The summed E-state index contributed by atoms with van der Waals surface area (Å²) in [4.78, 5) is 14.7. The minimum atomic E-state index is -0.233. The Hall–Kier alpha value is -2.92. The highest BCUT2D eigenvalue weighted by Gasteiger charge is 2.17. The highest BCUT2D eigenvalue weighted by molar-refractivity contribution is 6.34. The third kappa shape index (κ3) is 4.57. The van der Waals surface area contributed by atoms with Crippen LogP contribution in [0, 0.1) is 5.92 Å². The summed E-state index contributed by atoms with van der Waals surface area (Å²) in [6, 6.07) is 18.6. The normalized spacial score (nSPS) is 14.6. The quantitative estimate of drug-likeness (QED) is 0.639. The highest BCUT2D eigenvalue weighted by Crippen LogP contribution is 2.24. The third-order valence-electron chi connectivity index (χ3n) is 5.32. The molecule has 0 unspecified atom stereocenters. The van der Waals surface area contributed by atoms with Gasteiger partial charge in [-0.1, -0.05) is 42.8 Å². The smallest absolute Gasteiger partial charge is 0.257 e. The Morgan fingerprint density at radius 1 is 1.00 bits per heavy atom. The molecule has 0 bridgehead atoms. The third-order valence-corrected chi connectivity index (χ3v) is 5.64. The molecule has 1 N–H and O–H groups in total. The van der Waals surface area contributed by atoms with E-state index < -0.39 is 0 Å². The monoisotopic (exact) mass is 406 g/mol. The lowest BCUT2D eigenvalue weighted by Crippen LogP contribution is -2.33. The van der Waals surface area contributed by atoms with E-state index in [2.05, 4.69) is 27.3 Å². The van der Waals surface area contributed by atoms with Crippen molar-refractivity contribution in [3.8, 4) is 11.3 Å². The van der Waals surface area contributed by atoms with Gasteiger partial charge in [0.1, 0.15) is 0 Å². The predicted molar refractivity (Wildman–Crippen MR) is 117 cm³/mol. The Morgan fingerprint density at radius 2 is 1.72 bits per heavy atom. The van der Waals surface area contributed by atoms with Crippen molar-refractivity contribution < 1.29 is 4.79 Å². The summed E-state index contributed by atoms with van der Waals surface area (Å²) in [5.41, 5.74) is 2.91. The topological polar surface area (TPSA) is 58.1 Å². The number of nitrogens with one attached hydrogen (secondary N) is 1. The second-order valence-corrected chi connectivity index (χ2v) is 7.86. The number of hydrogen-bond acceptors (Lipinski definition) is 4.